The molecule has 4 aliphatic heterocycles. The molecule has 5 heterocycles. The number of hydrogen-bond donors (Lipinski definition) is 4. The highest BCUT2D eigenvalue weighted by Gasteiger charge is 2.44. The van der Waals surface area contributed by atoms with Crippen LogP contribution in [0, 0.1) is 5.92 Å². The quantitative estimate of drug-likeness (QED) is 0.570. The molecule has 4 fully saturated rings. The topological polar surface area (TPSA) is 108 Å². The molecule has 0 saturated carbocycles. The van der Waals surface area contributed by atoms with Crippen molar-refractivity contribution in [1.29, 1.82) is 0 Å². The van der Waals surface area contributed by atoms with Gasteiger partial charge in [0.25, 0.3) is 0 Å². The van der Waals surface area contributed by atoms with Gasteiger partial charge in [-0.05, 0) is 31.4 Å². The summed E-state index contributed by atoms with van der Waals surface area (Å²) in [6.07, 6.45) is 2.86. The van der Waals surface area contributed by atoms with Crippen molar-refractivity contribution < 1.29 is 9.53 Å². The van der Waals surface area contributed by atoms with Crippen LogP contribution in [0.5, 0.6) is 0 Å². The molecule has 9 heteroatoms. The molecule has 152 valence electrons. The number of piperidine rings is 2. The molecule has 4 saturated heterocycles. The lowest BCUT2D eigenvalue weighted by Crippen LogP contribution is -2.56. The fourth-order valence-electron chi connectivity index (χ4n) is 4.98. The Labute approximate surface area is 164 Å². The van der Waals surface area contributed by atoms with E-state index in [1.54, 1.807) is 0 Å². The maximum atomic E-state index is 12.0. The zero-order valence-corrected chi connectivity index (χ0v) is 16.0. The molecule has 0 spiro atoms. The van der Waals surface area contributed by atoms with E-state index in [4.69, 9.17) is 15.5 Å². The van der Waals surface area contributed by atoms with Crippen molar-refractivity contribution >= 4 is 11.9 Å². The Hall–Kier alpha value is -1.94. The SMILES string of the molecule is N[C@H]1CCCN(c2cccc(C3NNC4CNC(N5CCOC5=O)CC43)n2)C1. The van der Waals surface area contributed by atoms with Crippen molar-refractivity contribution in [2.45, 2.75) is 43.6 Å². The van der Waals surface area contributed by atoms with Crippen molar-refractivity contribution in [3.8, 4) is 0 Å². The first kappa shape index (κ1) is 18.1. The zero-order valence-electron chi connectivity index (χ0n) is 16.0. The van der Waals surface area contributed by atoms with Crippen LogP contribution in [0.3, 0.4) is 0 Å². The Bertz CT molecular complexity index is 732. The fourth-order valence-corrected chi connectivity index (χ4v) is 4.98. The summed E-state index contributed by atoms with van der Waals surface area (Å²) in [7, 11) is 0. The fraction of sp³-hybridized carbons (Fsp3) is 0.684. The van der Waals surface area contributed by atoms with E-state index in [9.17, 15) is 4.79 Å². The van der Waals surface area contributed by atoms with Crippen LogP contribution in [0.2, 0.25) is 0 Å². The Balaban J connectivity index is 1.33. The lowest BCUT2D eigenvalue weighted by atomic mass is 9.85. The highest BCUT2D eigenvalue weighted by Crippen LogP contribution is 2.35. The summed E-state index contributed by atoms with van der Waals surface area (Å²) in [5.41, 5.74) is 14.1. The van der Waals surface area contributed by atoms with Crippen LogP contribution in [0.25, 0.3) is 0 Å². The Morgan fingerprint density at radius 2 is 2.18 bits per heavy atom. The minimum atomic E-state index is -0.215. The lowest BCUT2D eigenvalue weighted by Gasteiger charge is -2.37. The zero-order chi connectivity index (χ0) is 19.1. The van der Waals surface area contributed by atoms with Gasteiger partial charge in [0.05, 0.1) is 24.4 Å². The largest absolute Gasteiger partial charge is 0.447 e. The third-order valence-corrected chi connectivity index (χ3v) is 6.46. The van der Waals surface area contributed by atoms with E-state index in [1.807, 2.05) is 4.90 Å². The van der Waals surface area contributed by atoms with Crippen molar-refractivity contribution in [2.24, 2.45) is 11.7 Å². The lowest BCUT2D eigenvalue weighted by molar-refractivity contribution is 0.115. The van der Waals surface area contributed by atoms with Gasteiger partial charge in [0, 0.05) is 37.6 Å². The van der Waals surface area contributed by atoms with Crippen molar-refractivity contribution in [2.75, 3.05) is 37.7 Å². The first-order valence-electron chi connectivity index (χ1n) is 10.3. The number of aromatic nitrogens is 1. The summed E-state index contributed by atoms with van der Waals surface area (Å²) in [5, 5.41) is 3.48. The number of fused-ring (bicyclic) bond motifs is 1. The van der Waals surface area contributed by atoms with Gasteiger partial charge in [-0.2, -0.15) is 0 Å². The Morgan fingerprint density at radius 3 is 3.00 bits per heavy atom. The predicted molar refractivity (Wildman–Crippen MR) is 104 cm³/mol. The van der Waals surface area contributed by atoms with E-state index in [1.165, 1.54) is 0 Å². The van der Waals surface area contributed by atoms with Gasteiger partial charge in [-0.25, -0.2) is 15.2 Å². The normalized spacial score (nSPS) is 35.8. The first-order valence-corrected chi connectivity index (χ1v) is 10.3. The Kier molecular flexibility index (Phi) is 4.83. The van der Waals surface area contributed by atoms with Gasteiger partial charge in [-0.15, -0.1) is 0 Å². The minimum absolute atomic E-state index is 0.0173. The molecule has 0 aliphatic carbocycles. The standard InChI is InChI=1S/C19H29N7O2/c20-12-3-2-6-25(11-12)16-5-1-4-14(22-16)18-13-9-17(21-10-15(13)23-24-18)26-7-8-28-19(26)27/h1,4-5,12-13,15,17-18,21,23-24H,2-3,6-11,20H2/t12-,13?,15?,17?,18?/m0/s1. The van der Waals surface area contributed by atoms with Crippen LogP contribution < -0.4 is 26.8 Å². The molecule has 9 nitrogen and oxygen atoms in total. The number of carbonyl (C=O) groups excluding carboxylic acids is 1. The molecule has 4 aliphatic rings. The van der Waals surface area contributed by atoms with E-state index in [0.29, 0.717) is 25.1 Å². The monoisotopic (exact) mass is 387 g/mol. The molecular weight excluding hydrogens is 358 g/mol. The second kappa shape index (κ2) is 7.47. The predicted octanol–water partition coefficient (Wildman–Crippen LogP) is -0.0856. The van der Waals surface area contributed by atoms with Crippen LogP contribution >= 0.6 is 0 Å². The summed E-state index contributed by atoms with van der Waals surface area (Å²) in [5.74, 6) is 1.36. The third-order valence-electron chi connectivity index (χ3n) is 6.46. The van der Waals surface area contributed by atoms with Gasteiger partial charge in [0.15, 0.2) is 0 Å². The molecule has 5 rings (SSSR count). The van der Waals surface area contributed by atoms with Gasteiger partial charge in [0.1, 0.15) is 12.4 Å². The summed E-state index contributed by atoms with van der Waals surface area (Å²) in [6, 6.07) is 6.91. The van der Waals surface area contributed by atoms with Crippen LogP contribution in [-0.2, 0) is 4.74 Å². The van der Waals surface area contributed by atoms with Crippen LogP contribution in [-0.4, -0.2) is 67.0 Å². The summed E-state index contributed by atoms with van der Waals surface area (Å²) < 4.78 is 5.12. The van der Waals surface area contributed by atoms with Crippen LogP contribution in [0.4, 0.5) is 10.6 Å². The number of hydrazine groups is 1. The molecule has 0 bridgehead atoms. The summed E-state index contributed by atoms with van der Waals surface area (Å²) >= 11 is 0. The van der Waals surface area contributed by atoms with Crippen molar-refractivity contribution in [3.63, 3.8) is 0 Å². The number of anilines is 1. The number of ether oxygens (including phenoxy) is 1. The van der Waals surface area contributed by atoms with Gasteiger partial charge >= 0.3 is 6.09 Å². The van der Waals surface area contributed by atoms with E-state index in [2.05, 4.69) is 39.3 Å². The highest BCUT2D eigenvalue weighted by atomic mass is 16.6. The molecular formula is C19H29N7O2. The highest BCUT2D eigenvalue weighted by molar-refractivity contribution is 5.69. The minimum Gasteiger partial charge on any atom is -0.447 e. The third kappa shape index (κ3) is 3.32. The number of hydrogen-bond acceptors (Lipinski definition) is 8. The number of amides is 1. The average Bonchev–Trinajstić information content (AvgIpc) is 3.33. The van der Waals surface area contributed by atoms with Gasteiger partial charge < -0.3 is 15.4 Å². The molecule has 5 atom stereocenters. The molecule has 28 heavy (non-hydrogen) atoms. The maximum Gasteiger partial charge on any atom is 0.411 e. The summed E-state index contributed by atoms with van der Waals surface area (Å²) in [4.78, 5) is 21.1. The second-order valence-corrected chi connectivity index (χ2v) is 8.27. The van der Waals surface area contributed by atoms with Crippen LogP contribution in [0.15, 0.2) is 18.2 Å². The number of cyclic esters (lactones) is 1. The maximum absolute atomic E-state index is 12.0. The molecule has 4 unspecified atom stereocenters. The number of rotatable bonds is 3. The first-order chi connectivity index (χ1) is 13.7. The molecule has 1 aromatic heterocycles. The second-order valence-electron chi connectivity index (χ2n) is 8.27. The number of nitrogens with one attached hydrogen (secondary N) is 3. The number of carbonyl (C=O) groups is 1. The van der Waals surface area contributed by atoms with E-state index >= 15 is 0 Å². The molecule has 1 aromatic rings. The molecule has 0 aromatic carbocycles. The van der Waals surface area contributed by atoms with E-state index in [0.717, 1.165) is 50.4 Å². The van der Waals surface area contributed by atoms with E-state index < -0.39 is 0 Å². The number of nitrogens with two attached hydrogens (primary N) is 1. The molecule has 0 radical (unpaired) electrons. The summed E-state index contributed by atoms with van der Waals surface area (Å²) in [6.45, 7) is 3.82. The number of nitrogens with zero attached hydrogens (tertiary/aromatic N) is 3. The van der Waals surface area contributed by atoms with Gasteiger partial charge in [-0.1, -0.05) is 6.07 Å². The van der Waals surface area contributed by atoms with Gasteiger partial charge in [0.2, 0.25) is 0 Å². The van der Waals surface area contributed by atoms with Crippen molar-refractivity contribution in [3.05, 3.63) is 23.9 Å². The Morgan fingerprint density at radius 1 is 1.25 bits per heavy atom. The van der Waals surface area contributed by atoms with E-state index in [-0.39, 0.29) is 24.3 Å². The van der Waals surface area contributed by atoms with Gasteiger partial charge in [-0.3, -0.25) is 15.6 Å². The van der Waals surface area contributed by atoms with Crippen LogP contribution in [0.1, 0.15) is 31.0 Å². The smallest absolute Gasteiger partial charge is 0.411 e. The molecule has 1 amide bonds. The molecule has 5 N–H and O–H groups in total. The van der Waals surface area contributed by atoms with Crippen molar-refractivity contribution in [1.82, 2.24) is 26.1 Å². The average molecular weight is 387 g/mol. The number of pyridine rings is 1.